The minimum absolute atomic E-state index is 0.733. The van der Waals surface area contributed by atoms with E-state index in [4.69, 9.17) is 9.97 Å². The highest BCUT2D eigenvalue weighted by Crippen LogP contribution is 2.40. The number of nitrogens with zero attached hydrogens (tertiary/aromatic N) is 4. The molecule has 3 aromatic heterocycles. The van der Waals surface area contributed by atoms with Crippen LogP contribution in [0.15, 0.2) is 243 Å². The summed E-state index contributed by atoms with van der Waals surface area (Å²) in [6.07, 6.45) is 8.78. The van der Waals surface area contributed by atoms with Gasteiger partial charge in [-0.25, -0.2) is 9.97 Å². The molecule has 0 aliphatic heterocycles. The van der Waals surface area contributed by atoms with Crippen LogP contribution in [-0.4, -0.2) is 19.1 Å². The largest absolute Gasteiger partial charge is 0.309 e. The Balaban J connectivity index is 0.901. The summed E-state index contributed by atoms with van der Waals surface area (Å²) >= 11 is 0. The lowest BCUT2D eigenvalue weighted by Crippen LogP contribution is -1.99. The van der Waals surface area contributed by atoms with E-state index in [1.54, 1.807) is 0 Å². The summed E-state index contributed by atoms with van der Waals surface area (Å²) in [6.45, 7) is 0. The van der Waals surface area contributed by atoms with Crippen molar-refractivity contribution in [3.63, 3.8) is 0 Å². The Morgan fingerprint density at radius 2 is 0.794 bits per heavy atom. The van der Waals surface area contributed by atoms with Crippen molar-refractivity contribution in [1.29, 1.82) is 0 Å². The number of para-hydroxylation sites is 2. The second-order valence-electron chi connectivity index (χ2n) is 17.7. The summed E-state index contributed by atoms with van der Waals surface area (Å²) < 4.78 is 4.83. The van der Waals surface area contributed by atoms with Crippen molar-refractivity contribution in [3.8, 4) is 67.4 Å². The molecule has 1 aliphatic carbocycles. The summed E-state index contributed by atoms with van der Waals surface area (Å²) in [7, 11) is 0. The van der Waals surface area contributed by atoms with E-state index in [0.717, 1.165) is 58.1 Å². The first-order chi connectivity index (χ1) is 33.7. The van der Waals surface area contributed by atoms with Crippen LogP contribution in [0.1, 0.15) is 18.5 Å². The lowest BCUT2D eigenvalue weighted by Gasteiger charge is -2.14. The third-order valence-corrected chi connectivity index (χ3v) is 13.5. The summed E-state index contributed by atoms with van der Waals surface area (Å²) in [5.74, 6) is 0.733. The number of benzene rings is 9. The van der Waals surface area contributed by atoms with Crippen LogP contribution in [0.5, 0.6) is 0 Å². The van der Waals surface area contributed by atoms with E-state index in [0.29, 0.717) is 0 Å². The maximum atomic E-state index is 5.11. The number of fused-ring (bicyclic) bond motifs is 6. The zero-order chi connectivity index (χ0) is 45.0. The normalized spacial score (nSPS) is 12.6. The molecule has 0 bridgehead atoms. The predicted octanol–water partition coefficient (Wildman–Crippen LogP) is 16.7. The molecule has 4 nitrogen and oxygen atoms in total. The molecule has 3 heterocycles. The van der Waals surface area contributed by atoms with E-state index >= 15 is 0 Å². The molecule has 68 heavy (non-hydrogen) atoms. The van der Waals surface area contributed by atoms with Gasteiger partial charge in [0, 0.05) is 44.0 Å². The molecule has 0 atom stereocenters. The van der Waals surface area contributed by atoms with Gasteiger partial charge in [-0.15, -0.1) is 0 Å². The molecule has 9 aromatic carbocycles. The molecule has 0 spiro atoms. The molecule has 0 saturated heterocycles. The van der Waals surface area contributed by atoms with Gasteiger partial charge in [0.2, 0.25) is 0 Å². The molecule has 320 valence electrons. The van der Waals surface area contributed by atoms with Crippen LogP contribution in [0, 0.1) is 0 Å². The van der Waals surface area contributed by atoms with Crippen molar-refractivity contribution in [2.75, 3.05) is 0 Å². The molecule has 0 saturated carbocycles. The Hall–Kier alpha value is -8.86. The smallest absolute Gasteiger partial charge is 0.160 e. The van der Waals surface area contributed by atoms with Gasteiger partial charge in [-0.05, 0) is 125 Å². The first-order valence-corrected chi connectivity index (χ1v) is 23.5. The zero-order valence-corrected chi connectivity index (χ0v) is 37.3. The van der Waals surface area contributed by atoms with Gasteiger partial charge in [-0.3, -0.25) is 0 Å². The Morgan fingerprint density at radius 1 is 0.309 bits per heavy atom. The van der Waals surface area contributed by atoms with Gasteiger partial charge in [0.1, 0.15) is 0 Å². The fourth-order valence-corrected chi connectivity index (χ4v) is 10.2. The van der Waals surface area contributed by atoms with E-state index in [2.05, 4.69) is 234 Å². The standard InChI is InChI=1S/C64H44N4/c1-5-17-43(18-6-1)50-37-51(44-19-7-2-8-20-44)39-53(38-50)68-61-28-16-14-26-55(61)57-41-49(32-36-63(57)68)48-31-35-62-56(40-48)54-25-13-15-27-60(54)67(62)52-33-29-46(30-34-52)59-42-58(45-21-9-3-10-22-45)65-64(66-59)47-23-11-4-12-24-47/h1-2,4-9,11-42H,3,10H2. The van der Waals surface area contributed by atoms with Gasteiger partial charge in [0.25, 0.3) is 0 Å². The summed E-state index contributed by atoms with van der Waals surface area (Å²) in [5, 5.41) is 4.90. The number of rotatable bonds is 8. The average Bonchev–Trinajstić information content (AvgIpc) is 3.94. The summed E-state index contributed by atoms with van der Waals surface area (Å²) in [4.78, 5) is 10.1. The molecule has 0 amide bonds. The molecule has 13 rings (SSSR count). The Bertz CT molecular complexity index is 3870. The van der Waals surface area contributed by atoms with Crippen molar-refractivity contribution in [1.82, 2.24) is 19.1 Å². The summed E-state index contributed by atoms with van der Waals surface area (Å²) in [5.41, 5.74) is 19.1. The molecule has 0 unspecified atom stereocenters. The van der Waals surface area contributed by atoms with Crippen molar-refractivity contribution in [3.05, 3.63) is 248 Å². The fourth-order valence-electron chi connectivity index (χ4n) is 10.2. The number of hydrogen-bond acceptors (Lipinski definition) is 2. The van der Waals surface area contributed by atoms with Crippen molar-refractivity contribution >= 4 is 49.2 Å². The monoisotopic (exact) mass is 868 g/mol. The minimum atomic E-state index is 0.733. The molecule has 1 aliphatic rings. The molecule has 0 fully saturated rings. The van der Waals surface area contributed by atoms with Crippen LogP contribution in [0.3, 0.4) is 0 Å². The number of aromatic nitrogens is 4. The third-order valence-electron chi connectivity index (χ3n) is 13.5. The molecule has 0 radical (unpaired) electrons. The maximum absolute atomic E-state index is 5.11. The third kappa shape index (κ3) is 6.94. The highest BCUT2D eigenvalue weighted by molar-refractivity contribution is 6.13. The molecule has 0 N–H and O–H groups in total. The topological polar surface area (TPSA) is 35.6 Å². The Kier molecular flexibility index (Phi) is 9.61. The van der Waals surface area contributed by atoms with Crippen molar-refractivity contribution < 1.29 is 0 Å². The fraction of sp³-hybridized carbons (Fsp3) is 0.0312. The van der Waals surface area contributed by atoms with Crippen LogP contribution in [0.2, 0.25) is 0 Å². The lowest BCUT2D eigenvalue weighted by molar-refractivity contribution is 1.03. The lowest BCUT2D eigenvalue weighted by atomic mass is 9.98. The molecule has 12 aromatic rings. The Morgan fingerprint density at radius 3 is 1.35 bits per heavy atom. The first kappa shape index (κ1) is 39.5. The second-order valence-corrected chi connectivity index (χ2v) is 17.7. The highest BCUT2D eigenvalue weighted by Gasteiger charge is 2.18. The van der Waals surface area contributed by atoms with E-state index in [1.807, 2.05) is 18.2 Å². The maximum Gasteiger partial charge on any atom is 0.160 e. The van der Waals surface area contributed by atoms with Crippen LogP contribution in [0.4, 0.5) is 0 Å². The number of allylic oxidation sites excluding steroid dienone is 4. The van der Waals surface area contributed by atoms with Gasteiger partial charge in [-0.1, -0.05) is 170 Å². The zero-order valence-electron chi connectivity index (χ0n) is 37.3. The summed E-state index contributed by atoms with van der Waals surface area (Å²) in [6, 6.07) is 81.1. The van der Waals surface area contributed by atoms with E-state index in [1.165, 1.54) is 77.0 Å². The van der Waals surface area contributed by atoms with Crippen LogP contribution in [-0.2, 0) is 0 Å². The van der Waals surface area contributed by atoms with Crippen molar-refractivity contribution in [2.45, 2.75) is 12.8 Å². The van der Waals surface area contributed by atoms with Gasteiger partial charge >= 0.3 is 0 Å². The first-order valence-electron chi connectivity index (χ1n) is 23.5. The predicted molar refractivity (Wildman–Crippen MR) is 284 cm³/mol. The molecular weight excluding hydrogens is 825 g/mol. The molecular formula is C64H44N4. The average molecular weight is 869 g/mol. The van der Waals surface area contributed by atoms with Crippen LogP contribution >= 0.6 is 0 Å². The number of hydrogen-bond donors (Lipinski definition) is 0. The second kappa shape index (κ2) is 16.5. The van der Waals surface area contributed by atoms with Crippen molar-refractivity contribution in [2.24, 2.45) is 0 Å². The van der Waals surface area contributed by atoms with Gasteiger partial charge in [-0.2, -0.15) is 0 Å². The van der Waals surface area contributed by atoms with E-state index in [9.17, 15) is 0 Å². The SMILES string of the molecule is C1=CC(c2cc(-c3ccc(-n4c5ccccc5c5cc(-c6ccc7c(c6)c6ccccc6n7-c6cc(-c7ccccc7)cc(-c7ccccc7)c6)ccc54)cc3)nc(-c3ccccc3)n2)=CCC1. The highest BCUT2D eigenvalue weighted by atomic mass is 15.0. The van der Waals surface area contributed by atoms with Gasteiger partial charge in [0.05, 0.1) is 33.5 Å². The Labute approximate surface area is 395 Å². The van der Waals surface area contributed by atoms with Gasteiger partial charge < -0.3 is 9.13 Å². The van der Waals surface area contributed by atoms with Crippen LogP contribution in [0.25, 0.3) is 117 Å². The minimum Gasteiger partial charge on any atom is -0.309 e. The van der Waals surface area contributed by atoms with Gasteiger partial charge in [0.15, 0.2) is 5.82 Å². The van der Waals surface area contributed by atoms with E-state index in [-0.39, 0.29) is 0 Å². The van der Waals surface area contributed by atoms with Crippen LogP contribution < -0.4 is 0 Å². The quantitative estimate of drug-likeness (QED) is 0.153. The van der Waals surface area contributed by atoms with E-state index < -0.39 is 0 Å². The molecule has 4 heteroatoms.